The minimum Gasteiger partial charge on any atom is -0.481 e. The van der Waals surface area contributed by atoms with Crippen molar-refractivity contribution in [2.45, 2.75) is 19.1 Å². The lowest BCUT2D eigenvalue weighted by molar-refractivity contribution is -0.226. The lowest BCUT2D eigenvalue weighted by Crippen LogP contribution is -2.48. The number of urea groups is 1. The highest BCUT2D eigenvalue weighted by Gasteiger charge is 2.64. The van der Waals surface area contributed by atoms with Gasteiger partial charge in [0.15, 0.2) is 5.41 Å². The molecule has 0 radical (unpaired) electrons. The Balaban J connectivity index is 2.00. The van der Waals surface area contributed by atoms with Crippen molar-refractivity contribution in [1.29, 1.82) is 0 Å². The Kier molecular flexibility index (Phi) is 4.08. The molecule has 0 aliphatic carbocycles. The molecule has 10 heteroatoms. The third kappa shape index (κ3) is 2.94. The maximum absolute atomic E-state index is 13.0. The van der Waals surface area contributed by atoms with Crippen LogP contribution in [-0.2, 0) is 11.3 Å². The maximum Gasteiger partial charge on any atom is 0.406 e. The van der Waals surface area contributed by atoms with Crippen molar-refractivity contribution >= 4 is 23.3 Å². The van der Waals surface area contributed by atoms with Gasteiger partial charge >= 0.3 is 18.2 Å². The third-order valence-electron chi connectivity index (χ3n) is 3.41. The second kappa shape index (κ2) is 5.51. The number of nitrogens with one attached hydrogen (secondary N) is 1. The topological polar surface area (TPSA) is 82.5 Å². The highest BCUT2D eigenvalue weighted by molar-refractivity contribution is 7.07. The van der Waals surface area contributed by atoms with E-state index >= 15 is 0 Å². The van der Waals surface area contributed by atoms with Crippen molar-refractivity contribution in [3.05, 3.63) is 16.6 Å². The van der Waals surface area contributed by atoms with E-state index in [2.05, 4.69) is 10.3 Å². The Morgan fingerprint density at radius 3 is 2.71 bits per heavy atom. The van der Waals surface area contributed by atoms with E-state index in [9.17, 15) is 22.8 Å². The molecular weight excluding hydrogens is 311 g/mol. The molecule has 21 heavy (non-hydrogen) atoms. The van der Waals surface area contributed by atoms with Crippen LogP contribution in [0, 0.1) is 5.41 Å². The van der Waals surface area contributed by atoms with E-state index in [0.717, 1.165) is 4.90 Å². The van der Waals surface area contributed by atoms with Crippen LogP contribution < -0.4 is 5.32 Å². The Labute approximate surface area is 121 Å². The van der Waals surface area contributed by atoms with Gasteiger partial charge in [0, 0.05) is 18.5 Å². The summed E-state index contributed by atoms with van der Waals surface area (Å²) in [5.74, 6) is -1.95. The van der Waals surface area contributed by atoms with Crippen molar-refractivity contribution in [1.82, 2.24) is 15.2 Å². The summed E-state index contributed by atoms with van der Waals surface area (Å²) in [6, 6.07) is -0.727. The lowest BCUT2D eigenvalue weighted by Gasteiger charge is -2.27. The maximum atomic E-state index is 13.0. The highest BCUT2D eigenvalue weighted by atomic mass is 32.1. The van der Waals surface area contributed by atoms with Gasteiger partial charge in [-0.05, 0) is 6.42 Å². The summed E-state index contributed by atoms with van der Waals surface area (Å²) in [5.41, 5.74) is -0.727. The van der Waals surface area contributed by atoms with E-state index in [-0.39, 0.29) is 13.1 Å². The Morgan fingerprint density at radius 2 is 2.24 bits per heavy atom. The van der Waals surface area contributed by atoms with E-state index < -0.39 is 36.6 Å². The molecule has 1 aliphatic heterocycles. The van der Waals surface area contributed by atoms with E-state index in [0.29, 0.717) is 5.69 Å². The number of likely N-dealkylation sites (tertiary alicyclic amines) is 1. The van der Waals surface area contributed by atoms with Gasteiger partial charge in [-0.25, -0.2) is 9.78 Å². The first-order chi connectivity index (χ1) is 9.76. The predicted molar refractivity (Wildman–Crippen MR) is 66.7 cm³/mol. The van der Waals surface area contributed by atoms with Crippen LogP contribution in [0.25, 0.3) is 0 Å². The van der Waals surface area contributed by atoms with Gasteiger partial charge in [0.2, 0.25) is 0 Å². The first kappa shape index (κ1) is 15.5. The highest BCUT2D eigenvalue weighted by Crippen LogP contribution is 2.45. The van der Waals surface area contributed by atoms with Gasteiger partial charge in [0.1, 0.15) is 0 Å². The van der Waals surface area contributed by atoms with Gasteiger partial charge in [-0.3, -0.25) is 4.79 Å². The first-order valence-electron chi connectivity index (χ1n) is 5.96. The van der Waals surface area contributed by atoms with Crippen LogP contribution >= 0.6 is 11.3 Å². The molecule has 0 aromatic carbocycles. The number of aliphatic carboxylic acids is 1. The van der Waals surface area contributed by atoms with Crippen molar-refractivity contribution in [2.75, 3.05) is 13.1 Å². The van der Waals surface area contributed by atoms with Crippen molar-refractivity contribution in [2.24, 2.45) is 5.41 Å². The third-order valence-corrected chi connectivity index (χ3v) is 4.05. The fraction of sp³-hybridized carbons (Fsp3) is 0.545. The van der Waals surface area contributed by atoms with Gasteiger partial charge in [-0.1, -0.05) is 0 Å². The number of amides is 2. The van der Waals surface area contributed by atoms with Crippen LogP contribution in [0.5, 0.6) is 0 Å². The number of alkyl halides is 3. The number of carboxylic acid groups (broad SMARTS) is 1. The molecule has 1 aromatic heterocycles. The Hall–Kier alpha value is -1.84. The normalized spacial score (nSPS) is 22.3. The standard InChI is InChI=1S/C11H12F3N3O3S/c12-11(13,14)10(8(18)19)1-2-17(5-10)9(20)15-3-7-4-21-6-16-7/h4,6H,1-3,5H2,(H,15,20)(H,18,19). The quantitative estimate of drug-likeness (QED) is 0.887. The molecule has 1 aromatic rings. The summed E-state index contributed by atoms with van der Waals surface area (Å²) in [6.07, 6.45) is -5.54. The lowest BCUT2D eigenvalue weighted by atomic mass is 9.86. The monoisotopic (exact) mass is 323 g/mol. The minimum atomic E-state index is -4.90. The predicted octanol–water partition coefficient (Wildman–Crippen LogP) is 1.69. The summed E-state index contributed by atoms with van der Waals surface area (Å²) in [7, 11) is 0. The number of aromatic nitrogens is 1. The molecule has 2 amide bonds. The molecule has 2 rings (SSSR count). The van der Waals surface area contributed by atoms with E-state index in [1.807, 2.05) is 0 Å². The first-order valence-corrected chi connectivity index (χ1v) is 6.90. The molecule has 116 valence electrons. The van der Waals surface area contributed by atoms with E-state index in [1.165, 1.54) is 11.3 Å². The summed E-state index contributed by atoms with van der Waals surface area (Å²) < 4.78 is 38.9. The van der Waals surface area contributed by atoms with Crippen LogP contribution in [0.1, 0.15) is 12.1 Å². The fourth-order valence-electron chi connectivity index (χ4n) is 2.11. The van der Waals surface area contributed by atoms with Crippen molar-refractivity contribution in [3.8, 4) is 0 Å². The Morgan fingerprint density at radius 1 is 1.52 bits per heavy atom. The van der Waals surface area contributed by atoms with Crippen LogP contribution in [0.4, 0.5) is 18.0 Å². The van der Waals surface area contributed by atoms with Gasteiger partial charge in [-0.15, -0.1) is 11.3 Å². The summed E-state index contributed by atoms with van der Waals surface area (Å²) in [6.45, 7) is -1.05. The molecule has 0 bridgehead atoms. The van der Waals surface area contributed by atoms with Crippen LogP contribution in [0.3, 0.4) is 0 Å². The molecule has 0 spiro atoms. The molecule has 2 N–H and O–H groups in total. The summed E-state index contributed by atoms with van der Waals surface area (Å²) in [5, 5.41) is 13.0. The molecule has 1 aliphatic rings. The number of rotatable bonds is 3. The van der Waals surface area contributed by atoms with Gasteiger partial charge in [0.05, 0.1) is 17.7 Å². The smallest absolute Gasteiger partial charge is 0.406 e. The number of halogens is 3. The van der Waals surface area contributed by atoms with Crippen LogP contribution in [0.15, 0.2) is 10.9 Å². The molecular formula is C11H12F3N3O3S. The molecule has 1 unspecified atom stereocenters. The zero-order valence-electron chi connectivity index (χ0n) is 10.7. The van der Waals surface area contributed by atoms with Gasteiger partial charge in [-0.2, -0.15) is 13.2 Å². The van der Waals surface area contributed by atoms with E-state index in [1.54, 1.807) is 10.9 Å². The van der Waals surface area contributed by atoms with Crippen molar-refractivity contribution in [3.63, 3.8) is 0 Å². The number of hydrogen-bond acceptors (Lipinski definition) is 4. The minimum absolute atomic E-state index is 0.0882. The number of hydrogen-bond donors (Lipinski definition) is 2. The number of thiazole rings is 1. The fourth-order valence-corrected chi connectivity index (χ4v) is 2.67. The summed E-state index contributed by atoms with van der Waals surface area (Å²) >= 11 is 1.33. The van der Waals surface area contributed by atoms with E-state index in [4.69, 9.17) is 5.11 Å². The second-order valence-electron chi connectivity index (χ2n) is 4.70. The molecule has 1 fully saturated rings. The largest absolute Gasteiger partial charge is 0.481 e. The summed E-state index contributed by atoms with van der Waals surface area (Å²) in [4.78, 5) is 27.6. The number of carbonyl (C=O) groups excluding carboxylic acids is 1. The molecule has 1 atom stereocenters. The molecule has 0 saturated carbocycles. The van der Waals surface area contributed by atoms with Gasteiger partial charge < -0.3 is 15.3 Å². The second-order valence-corrected chi connectivity index (χ2v) is 5.41. The molecule has 2 heterocycles. The average molecular weight is 323 g/mol. The number of nitrogens with zero attached hydrogens (tertiary/aromatic N) is 2. The SMILES string of the molecule is O=C(NCc1cscn1)N1CCC(C(=O)O)(C(F)(F)F)C1. The number of carboxylic acids is 1. The van der Waals surface area contributed by atoms with Crippen LogP contribution in [0.2, 0.25) is 0 Å². The van der Waals surface area contributed by atoms with Crippen molar-refractivity contribution < 1.29 is 27.9 Å². The average Bonchev–Trinajstić information content (AvgIpc) is 3.04. The van der Waals surface area contributed by atoms with Crippen LogP contribution in [-0.4, -0.2) is 46.3 Å². The van der Waals surface area contributed by atoms with Gasteiger partial charge in [0.25, 0.3) is 0 Å². The Bertz CT molecular complexity index is 535. The molecule has 1 saturated heterocycles. The number of carbonyl (C=O) groups is 2. The zero-order chi connectivity index (χ0) is 15.7. The zero-order valence-corrected chi connectivity index (χ0v) is 11.5. The molecule has 6 nitrogen and oxygen atoms in total.